The largest absolute Gasteiger partial charge is 0.411 e. The SMILES string of the molecule is O=C1Nc2ccccc2CCC1NCCOCC(F)(F)F. The van der Waals surface area contributed by atoms with Gasteiger partial charge in [0.2, 0.25) is 5.91 Å². The molecule has 1 unspecified atom stereocenters. The molecule has 0 saturated carbocycles. The minimum atomic E-state index is -4.32. The van der Waals surface area contributed by atoms with Crippen LogP contribution in [0.1, 0.15) is 12.0 Å². The van der Waals surface area contributed by atoms with Crippen LogP contribution < -0.4 is 10.6 Å². The zero-order valence-corrected chi connectivity index (χ0v) is 11.4. The lowest BCUT2D eigenvalue weighted by molar-refractivity contribution is -0.173. The number of anilines is 1. The van der Waals surface area contributed by atoms with Crippen LogP contribution in [0, 0.1) is 0 Å². The van der Waals surface area contributed by atoms with Gasteiger partial charge in [-0.2, -0.15) is 13.2 Å². The van der Waals surface area contributed by atoms with Gasteiger partial charge in [-0.3, -0.25) is 4.79 Å². The molecular weight excluding hydrogens is 285 g/mol. The molecule has 0 saturated heterocycles. The average molecular weight is 302 g/mol. The molecule has 1 atom stereocenters. The number of rotatable bonds is 5. The minimum Gasteiger partial charge on any atom is -0.371 e. The number of hydrogen-bond acceptors (Lipinski definition) is 3. The van der Waals surface area contributed by atoms with Crippen molar-refractivity contribution in [2.75, 3.05) is 25.1 Å². The number of carbonyl (C=O) groups is 1. The number of hydrogen-bond donors (Lipinski definition) is 2. The second-order valence-electron chi connectivity index (χ2n) is 4.86. The van der Waals surface area contributed by atoms with E-state index in [1.807, 2.05) is 24.3 Å². The van der Waals surface area contributed by atoms with Crippen LogP contribution in [0.15, 0.2) is 24.3 Å². The molecule has 1 aromatic carbocycles. The van der Waals surface area contributed by atoms with Gasteiger partial charge in [0, 0.05) is 12.2 Å². The maximum Gasteiger partial charge on any atom is 0.411 e. The molecule has 0 radical (unpaired) electrons. The van der Waals surface area contributed by atoms with Gasteiger partial charge in [0.1, 0.15) is 6.61 Å². The lowest BCUT2D eigenvalue weighted by Crippen LogP contribution is -2.41. The molecule has 21 heavy (non-hydrogen) atoms. The van der Waals surface area contributed by atoms with Gasteiger partial charge in [-0.05, 0) is 24.5 Å². The van der Waals surface area contributed by atoms with Gasteiger partial charge in [0.25, 0.3) is 0 Å². The van der Waals surface area contributed by atoms with E-state index < -0.39 is 18.8 Å². The van der Waals surface area contributed by atoms with E-state index in [2.05, 4.69) is 15.4 Å². The summed E-state index contributed by atoms with van der Waals surface area (Å²) in [6.07, 6.45) is -2.99. The second kappa shape index (κ2) is 6.91. The Bertz CT molecular complexity index is 491. The highest BCUT2D eigenvalue weighted by molar-refractivity contribution is 5.96. The molecule has 2 rings (SSSR count). The summed E-state index contributed by atoms with van der Waals surface area (Å²) in [7, 11) is 0. The van der Waals surface area contributed by atoms with Crippen molar-refractivity contribution >= 4 is 11.6 Å². The lowest BCUT2D eigenvalue weighted by atomic mass is 10.1. The van der Waals surface area contributed by atoms with Crippen molar-refractivity contribution in [1.29, 1.82) is 0 Å². The molecule has 1 aliphatic heterocycles. The van der Waals surface area contributed by atoms with Crippen molar-refractivity contribution in [3.8, 4) is 0 Å². The molecule has 0 aromatic heterocycles. The number of aryl methyl sites for hydroxylation is 1. The average Bonchev–Trinajstić information content (AvgIpc) is 2.56. The summed E-state index contributed by atoms with van der Waals surface area (Å²) in [4.78, 5) is 12.0. The molecule has 7 heteroatoms. The fourth-order valence-corrected chi connectivity index (χ4v) is 2.20. The van der Waals surface area contributed by atoms with Crippen molar-refractivity contribution in [3.63, 3.8) is 0 Å². The highest BCUT2D eigenvalue weighted by Gasteiger charge is 2.27. The number of halogens is 3. The zero-order chi connectivity index (χ0) is 15.3. The van der Waals surface area contributed by atoms with Crippen LogP contribution in [0.4, 0.5) is 18.9 Å². The Hall–Kier alpha value is -1.60. The Labute approximate surface area is 120 Å². The maximum atomic E-state index is 12.0. The van der Waals surface area contributed by atoms with Gasteiger partial charge >= 0.3 is 6.18 Å². The zero-order valence-electron chi connectivity index (χ0n) is 11.4. The predicted molar refractivity (Wildman–Crippen MR) is 72.1 cm³/mol. The van der Waals surface area contributed by atoms with Crippen LogP contribution in [0.25, 0.3) is 0 Å². The highest BCUT2D eigenvalue weighted by atomic mass is 19.4. The molecule has 0 spiro atoms. The van der Waals surface area contributed by atoms with Crippen LogP contribution >= 0.6 is 0 Å². The first-order chi connectivity index (χ1) is 9.96. The Morgan fingerprint density at radius 2 is 2.10 bits per heavy atom. The van der Waals surface area contributed by atoms with Crippen LogP contribution in [-0.4, -0.2) is 37.9 Å². The molecule has 1 heterocycles. The molecular formula is C14H17F3N2O2. The van der Waals surface area contributed by atoms with Crippen molar-refractivity contribution in [2.45, 2.75) is 25.1 Å². The van der Waals surface area contributed by atoms with Crippen LogP contribution in [0.2, 0.25) is 0 Å². The summed E-state index contributed by atoms with van der Waals surface area (Å²) in [5.41, 5.74) is 1.85. The van der Waals surface area contributed by atoms with E-state index in [0.29, 0.717) is 6.42 Å². The number of fused-ring (bicyclic) bond motifs is 1. The predicted octanol–water partition coefficient (Wildman–Crippen LogP) is 2.11. The van der Waals surface area contributed by atoms with Gasteiger partial charge < -0.3 is 15.4 Å². The third-order valence-electron chi connectivity index (χ3n) is 3.20. The monoisotopic (exact) mass is 302 g/mol. The van der Waals surface area contributed by atoms with Crippen molar-refractivity contribution in [2.24, 2.45) is 0 Å². The normalized spacial score (nSPS) is 18.8. The van der Waals surface area contributed by atoms with Crippen LogP contribution in [-0.2, 0) is 16.0 Å². The fraction of sp³-hybridized carbons (Fsp3) is 0.500. The van der Waals surface area contributed by atoms with Gasteiger partial charge in [-0.1, -0.05) is 18.2 Å². The van der Waals surface area contributed by atoms with Gasteiger partial charge in [-0.15, -0.1) is 0 Å². The number of alkyl halides is 3. The first-order valence-electron chi connectivity index (χ1n) is 6.72. The molecule has 2 N–H and O–H groups in total. The topological polar surface area (TPSA) is 50.4 Å². The first kappa shape index (κ1) is 15.8. The minimum absolute atomic E-state index is 0.0871. The molecule has 0 fully saturated rings. The van der Waals surface area contributed by atoms with Gasteiger partial charge in [0.05, 0.1) is 12.6 Å². The summed E-state index contributed by atoms with van der Waals surface area (Å²) in [5, 5.41) is 5.74. The van der Waals surface area contributed by atoms with Crippen molar-refractivity contribution < 1.29 is 22.7 Å². The van der Waals surface area contributed by atoms with Crippen LogP contribution in [0.3, 0.4) is 0 Å². The molecule has 0 bridgehead atoms. The van der Waals surface area contributed by atoms with E-state index in [9.17, 15) is 18.0 Å². The standard InChI is InChI=1S/C14H17F3N2O2/c15-14(16,17)9-21-8-7-18-12-6-5-10-3-1-2-4-11(10)19-13(12)20/h1-4,12,18H,5-9H2,(H,19,20). The third-order valence-corrected chi connectivity index (χ3v) is 3.20. The van der Waals surface area contributed by atoms with E-state index in [1.54, 1.807) is 0 Å². The number of carbonyl (C=O) groups excluding carboxylic acids is 1. The van der Waals surface area contributed by atoms with E-state index in [4.69, 9.17) is 0 Å². The van der Waals surface area contributed by atoms with Gasteiger partial charge in [0.15, 0.2) is 0 Å². The Morgan fingerprint density at radius 3 is 2.86 bits per heavy atom. The quantitative estimate of drug-likeness (QED) is 0.819. The first-order valence-corrected chi connectivity index (χ1v) is 6.72. The fourth-order valence-electron chi connectivity index (χ4n) is 2.20. The number of amides is 1. The molecule has 0 aliphatic carbocycles. The number of ether oxygens (including phenoxy) is 1. The smallest absolute Gasteiger partial charge is 0.371 e. The third kappa shape index (κ3) is 5.02. The summed E-state index contributed by atoms with van der Waals surface area (Å²) >= 11 is 0. The van der Waals surface area contributed by atoms with Crippen molar-refractivity contribution in [1.82, 2.24) is 5.32 Å². The second-order valence-corrected chi connectivity index (χ2v) is 4.86. The Morgan fingerprint density at radius 1 is 1.33 bits per heavy atom. The van der Waals surface area contributed by atoms with Gasteiger partial charge in [-0.25, -0.2) is 0 Å². The highest BCUT2D eigenvalue weighted by Crippen LogP contribution is 2.21. The van der Waals surface area contributed by atoms with Crippen molar-refractivity contribution in [3.05, 3.63) is 29.8 Å². The lowest BCUT2D eigenvalue weighted by Gasteiger charge is -2.15. The number of nitrogens with one attached hydrogen (secondary N) is 2. The summed E-state index contributed by atoms with van der Waals surface area (Å²) < 4.78 is 40.2. The Kier molecular flexibility index (Phi) is 5.19. The van der Waals surface area contributed by atoms with E-state index >= 15 is 0 Å². The number of para-hydroxylation sites is 1. The number of benzene rings is 1. The maximum absolute atomic E-state index is 12.0. The Balaban J connectivity index is 1.77. The van der Waals surface area contributed by atoms with E-state index in [1.165, 1.54) is 0 Å². The van der Waals surface area contributed by atoms with Crippen LogP contribution in [0.5, 0.6) is 0 Å². The van der Waals surface area contributed by atoms with E-state index in [0.717, 1.165) is 17.7 Å². The molecule has 1 amide bonds. The molecule has 1 aromatic rings. The molecule has 116 valence electrons. The van der Waals surface area contributed by atoms with E-state index in [-0.39, 0.29) is 19.1 Å². The summed E-state index contributed by atoms with van der Waals surface area (Å²) in [6.45, 7) is -1.16. The summed E-state index contributed by atoms with van der Waals surface area (Å²) in [5.74, 6) is -0.171. The molecule has 1 aliphatic rings. The summed E-state index contributed by atoms with van der Waals surface area (Å²) in [6, 6.07) is 7.11. The molecule has 4 nitrogen and oxygen atoms in total.